The quantitative estimate of drug-likeness (QED) is 0.811. The first-order valence-electron chi connectivity index (χ1n) is 7.46. The summed E-state index contributed by atoms with van der Waals surface area (Å²) in [6, 6.07) is 1.43. The van der Waals surface area contributed by atoms with E-state index in [1.54, 1.807) is 0 Å². The lowest BCUT2D eigenvalue weighted by molar-refractivity contribution is 0.143. The van der Waals surface area contributed by atoms with Gasteiger partial charge in [0.25, 0.3) is 0 Å². The Morgan fingerprint density at radius 3 is 2.53 bits per heavy atom. The molecule has 0 aliphatic carbocycles. The third-order valence-electron chi connectivity index (χ3n) is 4.08. The van der Waals surface area contributed by atoms with Crippen LogP contribution in [-0.2, 0) is 0 Å². The summed E-state index contributed by atoms with van der Waals surface area (Å²) in [6.45, 7) is 15.4. The van der Waals surface area contributed by atoms with Gasteiger partial charge < -0.3 is 5.32 Å². The monoisotopic (exact) mass is 240 g/mol. The Bertz CT molecular complexity index is 207. The first kappa shape index (κ1) is 15.0. The molecule has 2 unspecified atom stereocenters. The highest BCUT2D eigenvalue weighted by atomic mass is 15.2. The van der Waals surface area contributed by atoms with E-state index in [1.165, 1.54) is 45.3 Å². The lowest BCUT2D eigenvalue weighted by Gasteiger charge is -2.37. The molecular weight excluding hydrogens is 208 g/mol. The Morgan fingerprint density at radius 1 is 1.29 bits per heavy atom. The van der Waals surface area contributed by atoms with Gasteiger partial charge in [0.15, 0.2) is 0 Å². The van der Waals surface area contributed by atoms with Crippen LogP contribution in [0.15, 0.2) is 0 Å². The summed E-state index contributed by atoms with van der Waals surface area (Å²) in [6.07, 6.45) is 5.26. The van der Waals surface area contributed by atoms with Gasteiger partial charge in [0.1, 0.15) is 0 Å². The van der Waals surface area contributed by atoms with Crippen LogP contribution in [0.5, 0.6) is 0 Å². The summed E-state index contributed by atoms with van der Waals surface area (Å²) < 4.78 is 0. The van der Waals surface area contributed by atoms with Crippen LogP contribution in [0.3, 0.4) is 0 Å². The van der Waals surface area contributed by atoms with Gasteiger partial charge in [-0.25, -0.2) is 0 Å². The first-order valence-corrected chi connectivity index (χ1v) is 7.46. The molecule has 1 heterocycles. The van der Waals surface area contributed by atoms with Crippen molar-refractivity contribution in [2.75, 3.05) is 19.6 Å². The second kappa shape index (κ2) is 6.75. The van der Waals surface area contributed by atoms with E-state index < -0.39 is 0 Å². The lowest BCUT2D eigenvalue weighted by atomic mass is 9.86. The minimum atomic E-state index is 0.368. The van der Waals surface area contributed by atoms with Gasteiger partial charge in [-0.15, -0.1) is 0 Å². The van der Waals surface area contributed by atoms with E-state index in [0.717, 1.165) is 6.04 Å². The maximum Gasteiger partial charge on any atom is 0.0243 e. The molecule has 2 atom stereocenters. The van der Waals surface area contributed by atoms with Gasteiger partial charge >= 0.3 is 0 Å². The zero-order valence-electron chi connectivity index (χ0n) is 12.6. The molecule has 0 aromatic carbocycles. The summed E-state index contributed by atoms with van der Waals surface area (Å²) in [5.74, 6) is 0. The highest BCUT2D eigenvalue weighted by Gasteiger charge is 2.29. The molecule has 1 aliphatic heterocycles. The molecule has 2 heteroatoms. The topological polar surface area (TPSA) is 15.3 Å². The molecule has 102 valence electrons. The summed E-state index contributed by atoms with van der Waals surface area (Å²) in [5, 5.41) is 3.73. The van der Waals surface area contributed by atoms with Crippen molar-refractivity contribution in [1.29, 1.82) is 0 Å². The molecule has 0 saturated carbocycles. The molecule has 0 spiro atoms. The van der Waals surface area contributed by atoms with E-state index in [-0.39, 0.29) is 0 Å². The summed E-state index contributed by atoms with van der Waals surface area (Å²) in [7, 11) is 0. The minimum Gasteiger partial charge on any atom is -0.312 e. The van der Waals surface area contributed by atoms with Crippen molar-refractivity contribution in [3.63, 3.8) is 0 Å². The average molecular weight is 240 g/mol. The first-order chi connectivity index (χ1) is 7.99. The van der Waals surface area contributed by atoms with Crippen molar-refractivity contribution in [1.82, 2.24) is 10.2 Å². The van der Waals surface area contributed by atoms with Gasteiger partial charge in [-0.05, 0) is 37.8 Å². The zero-order chi connectivity index (χ0) is 12.9. The van der Waals surface area contributed by atoms with Gasteiger partial charge in [0.2, 0.25) is 0 Å². The highest BCUT2D eigenvalue weighted by molar-refractivity contribution is 4.87. The number of rotatable bonds is 4. The number of nitrogens with zero attached hydrogens (tertiary/aromatic N) is 1. The van der Waals surface area contributed by atoms with Gasteiger partial charge in [-0.1, -0.05) is 41.0 Å². The molecule has 1 fully saturated rings. The fraction of sp³-hybridized carbons (Fsp3) is 1.00. The summed E-state index contributed by atoms with van der Waals surface area (Å²) >= 11 is 0. The maximum atomic E-state index is 3.73. The Morgan fingerprint density at radius 2 is 2.00 bits per heavy atom. The largest absolute Gasteiger partial charge is 0.312 e. The van der Waals surface area contributed by atoms with Crippen molar-refractivity contribution < 1.29 is 0 Å². The van der Waals surface area contributed by atoms with Gasteiger partial charge in [-0.2, -0.15) is 0 Å². The van der Waals surface area contributed by atoms with E-state index in [0.29, 0.717) is 11.5 Å². The molecular formula is C15H32N2. The fourth-order valence-corrected chi connectivity index (χ4v) is 2.84. The Labute approximate surface area is 108 Å². The Hall–Kier alpha value is -0.0800. The fourth-order valence-electron chi connectivity index (χ4n) is 2.84. The van der Waals surface area contributed by atoms with Crippen LogP contribution in [0.1, 0.15) is 60.3 Å². The van der Waals surface area contributed by atoms with E-state index in [1.807, 2.05) is 0 Å². The maximum absolute atomic E-state index is 3.73. The van der Waals surface area contributed by atoms with Crippen LogP contribution in [0, 0.1) is 5.41 Å². The molecule has 1 aliphatic rings. The third-order valence-corrected chi connectivity index (χ3v) is 4.08. The van der Waals surface area contributed by atoms with Crippen molar-refractivity contribution >= 4 is 0 Å². The van der Waals surface area contributed by atoms with E-state index in [2.05, 4.69) is 44.8 Å². The number of hydrogen-bond acceptors (Lipinski definition) is 2. The van der Waals surface area contributed by atoms with Crippen LogP contribution in [0.25, 0.3) is 0 Å². The minimum absolute atomic E-state index is 0.368. The van der Waals surface area contributed by atoms with Crippen molar-refractivity contribution in [2.45, 2.75) is 72.4 Å². The SMILES string of the molecule is CCCC(CC)N1CCCNC(C(C)(C)C)C1. The molecule has 0 bridgehead atoms. The summed E-state index contributed by atoms with van der Waals surface area (Å²) in [5.41, 5.74) is 0.368. The predicted molar refractivity (Wildman–Crippen MR) is 76.4 cm³/mol. The van der Waals surface area contributed by atoms with Crippen LogP contribution in [0.2, 0.25) is 0 Å². The van der Waals surface area contributed by atoms with Crippen molar-refractivity contribution in [3.8, 4) is 0 Å². The molecule has 0 aromatic heterocycles. The Kier molecular flexibility index (Phi) is 5.94. The molecule has 17 heavy (non-hydrogen) atoms. The second-order valence-electron chi connectivity index (χ2n) is 6.57. The lowest BCUT2D eigenvalue weighted by Crippen LogP contribution is -2.48. The molecule has 0 amide bonds. The number of nitrogens with one attached hydrogen (secondary N) is 1. The van der Waals surface area contributed by atoms with E-state index >= 15 is 0 Å². The van der Waals surface area contributed by atoms with Crippen LogP contribution in [0.4, 0.5) is 0 Å². The van der Waals surface area contributed by atoms with Gasteiger partial charge in [0.05, 0.1) is 0 Å². The zero-order valence-corrected chi connectivity index (χ0v) is 12.6. The molecule has 1 rings (SSSR count). The molecule has 0 aromatic rings. The molecule has 1 N–H and O–H groups in total. The van der Waals surface area contributed by atoms with E-state index in [4.69, 9.17) is 0 Å². The van der Waals surface area contributed by atoms with Crippen LogP contribution in [-0.4, -0.2) is 36.6 Å². The third kappa shape index (κ3) is 4.59. The Balaban J connectivity index is 2.64. The van der Waals surface area contributed by atoms with E-state index in [9.17, 15) is 0 Å². The summed E-state index contributed by atoms with van der Waals surface area (Å²) in [4.78, 5) is 2.74. The smallest absolute Gasteiger partial charge is 0.0243 e. The molecule has 2 nitrogen and oxygen atoms in total. The normalized spacial score (nSPS) is 25.6. The second-order valence-corrected chi connectivity index (χ2v) is 6.57. The standard InChI is InChI=1S/C15H32N2/c1-6-9-13(7-2)17-11-8-10-16-14(12-17)15(3,4)5/h13-14,16H,6-12H2,1-5H3. The number of hydrogen-bond donors (Lipinski definition) is 1. The van der Waals surface area contributed by atoms with Gasteiger partial charge in [-0.3, -0.25) is 4.90 Å². The van der Waals surface area contributed by atoms with Crippen molar-refractivity contribution in [3.05, 3.63) is 0 Å². The average Bonchev–Trinajstić information content (AvgIpc) is 2.50. The van der Waals surface area contributed by atoms with Crippen LogP contribution >= 0.6 is 0 Å². The van der Waals surface area contributed by atoms with Gasteiger partial charge in [0, 0.05) is 18.6 Å². The molecule has 1 saturated heterocycles. The highest BCUT2D eigenvalue weighted by Crippen LogP contribution is 2.23. The molecule has 0 radical (unpaired) electrons. The van der Waals surface area contributed by atoms with Crippen molar-refractivity contribution in [2.24, 2.45) is 5.41 Å². The predicted octanol–water partition coefficient (Wildman–Crippen LogP) is 3.28. The van der Waals surface area contributed by atoms with Crippen LogP contribution < -0.4 is 5.32 Å².